The normalized spacial score (nSPS) is 18.0. The van der Waals surface area contributed by atoms with Gasteiger partial charge >= 0.3 is 6.03 Å². The molecule has 0 spiro atoms. The first-order valence-electron chi connectivity index (χ1n) is 8.15. The molecule has 7 heteroatoms. The third-order valence-corrected chi connectivity index (χ3v) is 4.42. The highest BCUT2D eigenvalue weighted by molar-refractivity contribution is 5.85. The zero-order chi connectivity index (χ0) is 16.5. The van der Waals surface area contributed by atoms with Crippen molar-refractivity contribution in [2.24, 2.45) is 10.2 Å². The van der Waals surface area contributed by atoms with Gasteiger partial charge in [-0.2, -0.15) is 5.11 Å². The van der Waals surface area contributed by atoms with Gasteiger partial charge in [0.05, 0.1) is 5.69 Å². The van der Waals surface area contributed by atoms with Crippen LogP contribution in [0.1, 0.15) is 24.2 Å². The Kier molecular flexibility index (Phi) is 5.01. The number of carbonyl (C=O) groups is 1. The largest absolute Gasteiger partial charge is 0.365 e. The van der Waals surface area contributed by atoms with E-state index in [1.165, 1.54) is 5.56 Å². The topological polar surface area (TPSA) is 60.3 Å². The minimum atomic E-state index is -0.294. The molecule has 2 heterocycles. The molecule has 4 rings (SSSR count). The van der Waals surface area contributed by atoms with Crippen LogP contribution in [0.5, 0.6) is 0 Å². The number of anilines is 2. The standard InChI is InChI=1S/C18H19N5O.ClH/c1-2-19-11-13-7-9-14(10-8-13)22-12-23-17(20-21-18(23)24)15-5-3-4-6-16(15)22;/h3-10,17,19H,2,11-12H2,1H3;1H. The van der Waals surface area contributed by atoms with Gasteiger partial charge in [-0.25, -0.2) is 4.79 Å². The molecule has 2 amide bonds. The Morgan fingerprint density at radius 2 is 1.92 bits per heavy atom. The summed E-state index contributed by atoms with van der Waals surface area (Å²) in [5.41, 5.74) is 4.38. The maximum Gasteiger partial charge on any atom is 0.365 e. The van der Waals surface area contributed by atoms with Crippen molar-refractivity contribution in [3.8, 4) is 0 Å². The average Bonchev–Trinajstić information content (AvgIpc) is 3.01. The quantitative estimate of drug-likeness (QED) is 0.891. The van der Waals surface area contributed by atoms with E-state index in [2.05, 4.69) is 57.7 Å². The molecule has 0 fully saturated rings. The molecule has 2 aliphatic rings. The Hall–Kier alpha value is -2.44. The number of rotatable bonds is 4. The van der Waals surface area contributed by atoms with E-state index in [1.807, 2.05) is 18.2 Å². The number of carbonyl (C=O) groups excluding carboxylic acids is 1. The Balaban J connectivity index is 0.00000182. The summed E-state index contributed by atoms with van der Waals surface area (Å²) in [7, 11) is 0. The molecule has 0 saturated heterocycles. The van der Waals surface area contributed by atoms with Crippen molar-refractivity contribution in [3.05, 3.63) is 59.7 Å². The van der Waals surface area contributed by atoms with Crippen molar-refractivity contribution in [1.82, 2.24) is 10.2 Å². The van der Waals surface area contributed by atoms with Crippen LogP contribution in [0.15, 0.2) is 58.8 Å². The number of hydrogen-bond acceptors (Lipinski definition) is 4. The van der Waals surface area contributed by atoms with Gasteiger partial charge in [-0.05, 0) is 30.3 Å². The van der Waals surface area contributed by atoms with Gasteiger partial charge in [-0.3, -0.25) is 4.90 Å². The molecule has 0 saturated carbocycles. The van der Waals surface area contributed by atoms with Crippen LogP contribution in [-0.4, -0.2) is 24.1 Å². The molecule has 1 unspecified atom stereocenters. The molecule has 130 valence electrons. The van der Waals surface area contributed by atoms with Crippen molar-refractivity contribution < 1.29 is 4.79 Å². The molecule has 2 aromatic rings. The average molecular weight is 358 g/mol. The number of hydrogen-bond donors (Lipinski definition) is 1. The Morgan fingerprint density at radius 1 is 1.16 bits per heavy atom. The van der Waals surface area contributed by atoms with E-state index < -0.39 is 0 Å². The molecular weight excluding hydrogens is 338 g/mol. The summed E-state index contributed by atoms with van der Waals surface area (Å²) in [5, 5.41) is 11.2. The van der Waals surface area contributed by atoms with Gasteiger partial charge in [0.15, 0.2) is 6.17 Å². The molecule has 0 aromatic heterocycles. The number of amides is 2. The van der Waals surface area contributed by atoms with Crippen molar-refractivity contribution in [2.75, 3.05) is 18.1 Å². The van der Waals surface area contributed by atoms with Crippen molar-refractivity contribution in [1.29, 1.82) is 0 Å². The van der Waals surface area contributed by atoms with Gasteiger partial charge in [0, 0.05) is 17.8 Å². The monoisotopic (exact) mass is 357 g/mol. The van der Waals surface area contributed by atoms with Crippen LogP contribution >= 0.6 is 12.4 Å². The fraction of sp³-hybridized carbons (Fsp3) is 0.278. The minimum Gasteiger partial charge on any atom is -0.323 e. The van der Waals surface area contributed by atoms with Crippen LogP contribution in [0.25, 0.3) is 0 Å². The van der Waals surface area contributed by atoms with Gasteiger partial charge in [-0.1, -0.05) is 42.4 Å². The molecule has 0 aliphatic carbocycles. The van der Waals surface area contributed by atoms with Crippen molar-refractivity contribution >= 4 is 29.8 Å². The molecule has 6 nitrogen and oxygen atoms in total. The number of fused-ring (bicyclic) bond motifs is 3. The zero-order valence-electron chi connectivity index (χ0n) is 13.9. The lowest BCUT2D eigenvalue weighted by molar-refractivity contribution is 0.199. The highest BCUT2D eigenvalue weighted by Gasteiger charge is 2.38. The number of nitrogens with one attached hydrogen (secondary N) is 1. The lowest BCUT2D eigenvalue weighted by Gasteiger charge is -2.38. The van der Waals surface area contributed by atoms with E-state index in [4.69, 9.17) is 0 Å². The first-order valence-corrected chi connectivity index (χ1v) is 8.15. The molecule has 2 aliphatic heterocycles. The zero-order valence-corrected chi connectivity index (χ0v) is 14.7. The van der Waals surface area contributed by atoms with Crippen LogP contribution in [0.4, 0.5) is 16.2 Å². The summed E-state index contributed by atoms with van der Waals surface area (Å²) in [6.45, 7) is 4.36. The second-order valence-corrected chi connectivity index (χ2v) is 5.92. The highest BCUT2D eigenvalue weighted by atomic mass is 35.5. The lowest BCUT2D eigenvalue weighted by atomic mass is 10.1. The minimum absolute atomic E-state index is 0. The van der Waals surface area contributed by atoms with Crippen LogP contribution < -0.4 is 10.2 Å². The van der Waals surface area contributed by atoms with E-state index in [9.17, 15) is 4.79 Å². The second-order valence-electron chi connectivity index (χ2n) is 5.92. The molecule has 25 heavy (non-hydrogen) atoms. The first kappa shape index (κ1) is 17.4. The molecule has 0 bridgehead atoms. The number of urea groups is 1. The van der Waals surface area contributed by atoms with Crippen molar-refractivity contribution in [2.45, 2.75) is 19.6 Å². The molecule has 2 aromatic carbocycles. The summed E-state index contributed by atoms with van der Waals surface area (Å²) >= 11 is 0. The van der Waals surface area contributed by atoms with Crippen LogP contribution in [0.3, 0.4) is 0 Å². The maximum absolute atomic E-state index is 12.0. The van der Waals surface area contributed by atoms with Gasteiger partial charge in [-0.15, -0.1) is 12.4 Å². The fourth-order valence-electron chi connectivity index (χ4n) is 3.16. The maximum atomic E-state index is 12.0. The third-order valence-electron chi connectivity index (χ3n) is 4.42. The number of nitrogens with zero attached hydrogens (tertiary/aromatic N) is 4. The fourth-order valence-corrected chi connectivity index (χ4v) is 3.16. The van der Waals surface area contributed by atoms with Gasteiger partial charge in [0.2, 0.25) is 0 Å². The first-order chi connectivity index (χ1) is 11.8. The van der Waals surface area contributed by atoms with Crippen molar-refractivity contribution in [3.63, 3.8) is 0 Å². The Bertz CT molecular complexity index is 792. The second kappa shape index (κ2) is 7.21. The number of azo groups is 1. The number of benzene rings is 2. The van der Waals surface area contributed by atoms with Gasteiger partial charge < -0.3 is 10.2 Å². The van der Waals surface area contributed by atoms with E-state index in [0.29, 0.717) is 6.67 Å². The SMILES string of the molecule is CCNCc1ccc(N2CN3C(=O)N=NC3c3ccccc32)cc1.Cl. The third kappa shape index (κ3) is 3.10. The van der Waals surface area contributed by atoms with E-state index >= 15 is 0 Å². The van der Waals surface area contributed by atoms with E-state index in [-0.39, 0.29) is 24.6 Å². The number of para-hydroxylation sites is 1. The number of halogens is 1. The van der Waals surface area contributed by atoms with Crippen LogP contribution in [0, 0.1) is 0 Å². The predicted octanol–water partition coefficient (Wildman–Crippen LogP) is 4.21. The predicted molar refractivity (Wildman–Crippen MR) is 99.4 cm³/mol. The van der Waals surface area contributed by atoms with E-state index in [0.717, 1.165) is 30.0 Å². The summed E-state index contributed by atoms with van der Waals surface area (Å²) < 4.78 is 0. The van der Waals surface area contributed by atoms with Gasteiger partial charge in [0.1, 0.15) is 6.67 Å². The lowest BCUT2D eigenvalue weighted by Crippen LogP contribution is -2.42. The molecule has 0 radical (unpaired) electrons. The summed E-state index contributed by atoms with van der Waals surface area (Å²) in [6, 6.07) is 16.2. The molecular formula is C18H20ClN5O. The summed E-state index contributed by atoms with van der Waals surface area (Å²) in [6.07, 6.45) is -0.294. The smallest absolute Gasteiger partial charge is 0.323 e. The van der Waals surface area contributed by atoms with Crippen LogP contribution in [-0.2, 0) is 6.54 Å². The highest BCUT2D eigenvalue weighted by Crippen LogP contribution is 2.42. The van der Waals surface area contributed by atoms with Crippen LogP contribution in [0.2, 0.25) is 0 Å². The molecule has 1 N–H and O–H groups in total. The Morgan fingerprint density at radius 3 is 2.68 bits per heavy atom. The molecule has 1 atom stereocenters. The van der Waals surface area contributed by atoms with E-state index in [1.54, 1.807) is 4.90 Å². The Labute approximate surface area is 152 Å². The summed E-state index contributed by atoms with van der Waals surface area (Å²) in [4.78, 5) is 15.8. The summed E-state index contributed by atoms with van der Waals surface area (Å²) in [5.74, 6) is 0. The van der Waals surface area contributed by atoms with Gasteiger partial charge in [0.25, 0.3) is 0 Å².